The Bertz CT molecular complexity index is 845. The van der Waals surface area contributed by atoms with Crippen LogP contribution in [0.3, 0.4) is 0 Å². The highest BCUT2D eigenvalue weighted by atomic mass is 16.5. The van der Waals surface area contributed by atoms with Crippen LogP contribution in [0.4, 0.5) is 0 Å². The van der Waals surface area contributed by atoms with Gasteiger partial charge in [0.05, 0.1) is 13.5 Å². The second-order valence-electron chi connectivity index (χ2n) is 8.58. The van der Waals surface area contributed by atoms with Gasteiger partial charge in [-0.05, 0) is 56.9 Å². The van der Waals surface area contributed by atoms with Crippen molar-refractivity contribution >= 4 is 22.8 Å². The number of carbonyl (C=O) groups is 2. The van der Waals surface area contributed by atoms with Crippen LogP contribution in [-0.2, 0) is 20.7 Å². The molecular weight excluding hydrogens is 416 g/mol. The maximum Gasteiger partial charge on any atom is 0.306 e. The van der Waals surface area contributed by atoms with E-state index in [9.17, 15) is 9.59 Å². The van der Waals surface area contributed by atoms with Gasteiger partial charge in [0.15, 0.2) is 0 Å². The summed E-state index contributed by atoms with van der Waals surface area (Å²) in [5.41, 5.74) is 2.32. The molecule has 0 fully saturated rings. The molecule has 2 aromatic rings. The molecule has 184 valence electrons. The first-order chi connectivity index (χ1) is 16.0. The lowest BCUT2D eigenvalue weighted by atomic mass is 10.1. The Morgan fingerprint density at radius 1 is 1.03 bits per heavy atom. The van der Waals surface area contributed by atoms with Crippen LogP contribution in [0.2, 0.25) is 0 Å². The third-order valence-electron chi connectivity index (χ3n) is 5.96. The number of methoxy groups -OCH3 is 1. The lowest BCUT2D eigenvalue weighted by Gasteiger charge is -2.34. The van der Waals surface area contributed by atoms with Crippen molar-refractivity contribution in [3.8, 4) is 0 Å². The third-order valence-corrected chi connectivity index (χ3v) is 5.96. The van der Waals surface area contributed by atoms with Gasteiger partial charge in [0.1, 0.15) is 6.04 Å². The fourth-order valence-electron chi connectivity index (χ4n) is 4.36. The van der Waals surface area contributed by atoms with Gasteiger partial charge in [-0.3, -0.25) is 14.5 Å². The molecule has 0 spiro atoms. The van der Waals surface area contributed by atoms with Crippen LogP contribution in [-0.4, -0.2) is 79.1 Å². The molecule has 1 heterocycles. The van der Waals surface area contributed by atoms with E-state index in [-0.39, 0.29) is 24.3 Å². The number of ether oxygens (including phenoxy) is 1. The summed E-state index contributed by atoms with van der Waals surface area (Å²) < 4.78 is 4.84. The molecule has 1 aromatic carbocycles. The van der Waals surface area contributed by atoms with Gasteiger partial charge in [-0.2, -0.15) is 0 Å². The largest absolute Gasteiger partial charge is 0.469 e. The fraction of sp³-hybridized carbons (Fsp3) is 0.615. The van der Waals surface area contributed by atoms with E-state index in [4.69, 9.17) is 4.74 Å². The van der Waals surface area contributed by atoms with Crippen molar-refractivity contribution < 1.29 is 14.3 Å². The van der Waals surface area contributed by atoms with Crippen molar-refractivity contribution in [1.29, 1.82) is 0 Å². The van der Waals surface area contributed by atoms with E-state index in [0.717, 1.165) is 50.8 Å². The zero-order valence-electron chi connectivity index (χ0n) is 20.9. The zero-order valence-corrected chi connectivity index (χ0v) is 20.9. The summed E-state index contributed by atoms with van der Waals surface area (Å²) in [6.07, 6.45) is 6.10. The first kappa shape index (κ1) is 26.9. The van der Waals surface area contributed by atoms with Crippen LogP contribution in [0.15, 0.2) is 30.5 Å². The molecule has 2 N–H and O–H groups in total. The number of aromatic nitrogens is 1. The summed E-state index contributed by atoms with van der Waals surface area (Å²) in [5, 5.41) is 4.38. The standard InChI is InChI=1S/C26H42N4O3/c1-5-15-29(16-6-2)20-24(30(17-7-3)18-13-25(31)33-4)26(32)27-14-12-21-19-28-23-11-9-8-10-22(21)23/h8-11,19,24,28H,5-7,12-18,20H2,1-4H3,(H,27,32)/t24-/m0/s1. The molecule has 7 heteroatoms. The molecule has 0 bridgehead atoms. The zero-order chi connectivity index (χ0) is 24.1. The first-order valence-corrected chi connectivity index (χ1v) is 12.4. The predicted octanol–water partition coefficient (Wildman–Crippen LogP) is 3.59. The maximum atomic E-state index is 13.4. The molecule has 2 rings (SSSR count). The van der Waals surface area contributed by atoms with Crippen molar-refractivity contribution in [2.75, 3.05) is 46.4 Å². The number of nitrogens with zero attached hydrogens (tertiary/aromatic N) is 2. The maximum absolute atomic E-state index is 13.4. The Labute approximate surface area is 198 Å². The summed E-state index contributed by atoms with van der Waals surface area (Å²) in [6, 6.07) is 7.93. The van der Waals surface area contributed by atoms with Crippen LogP contribution in [0.25, 0.3) is 10.9 Å². The average Bonchev–Trinajstić information content (AvgIpc) is 3.23. The highest BCUT2D eigenvalue weighted by Gasteiger charge is 2.28. The predicted molar refractivity (Wildman–Crippen MR) is 134 cm³/mol. The third kappa shape index (κ3) is 8.48. The van der Waals surface area contributed by atoms with E-state index >= 15 is 0 Å². The molecule has 1 aromatic heterocycles. The minimum absolute atomic E-state index is 0.0327. The van der Waals surface area contributed by atoms with E-state index in [2.05, 4.69) is 53.0 Å². The van der Waals surface area contributed by atoms with Crippen LogP contribution in [0.1, 0.15) is 52.0 Å². The quantitative estimate of drug-likeness (QED) is 0.376. The molecule has 0 aliphatic heterocycles. The lowest BCUT2D eigenvalue weighted by Crippen LogP contribution is -2.54. The molecule has 0 radical (unpaired) electrons. The van der Waals surface area contributed by atoms with Gasteiger partial charge in [-0.1, -0.05) is 39.0 Å². The van der Waals surface area contributed by atoms with Crippen LogP contribution in [0.5, 0.6) is 0 Å². The highest BCUT2D eigenvalue weighted by Crippen LogP contribution is 2.17. The van der Waals surface area contributed by atoms with Crippen molar-refractivity contribution in [2.24, 2.45) is 0 Å². The average molecular weight is 459 g/mol. The molecule has 0 aliphatic rings. The number of carbonyl (C=O) groups excluding carboxylic acids is 2. The number of rotatable bonds is 16. The molecule has 0 unspecified atom stereocenters. The molecule has 33 heavy (non-hydrogen) atoms. The summed E-state index contributed by atoms with van der Waals surface area (Å²) in [5.74, 6) is -0.209. The van der Waals surface area contributed by atoms with Crippen molar-refractivity contribution in [2.45, 2.75) is 58.9 Å². The number of H-pyrrole nitrogens is 1. The van der Waals surface area contributed by atoms with Crippen LogP contribution < -0.4 is 5.32 Å². The lowest BCUT2D eigenvalue weighted by molar-refractivity contribution is -0.141. The number of benzene rings is 1. The van der Waals surface area contributed by atoms with Gasteiger partial charge in [0.2, 0.25) is 5.91 Å². The van der Waals surface area contributed by atoms with Gasteiger partial charge < -0.3 is 19.9 Å². The highest BCUT2D eigenvalue weighted by molar-refractivity contribution is 5.84. The van der Waals surface area contributed by atoms with Crippen LogP contribution >= 0.6 is 0 Å². The Kier molecular flexibility index (Phi) is 12.0. The number of para-hydroxylation sites is 1. The smallest absolute Gasteiger partial charge is 0.306 e. The van der Waals surface area contributed by atoms with Crippen molar-refractivity contribution in [1.82, 2.24) is 20.1 Å². The van der Waals surface area contributed by atoms with Crippen molar-refractivity contribution in [3.05, 3.63) is 36.0 Å². The second-order valence-corrected chi connectivity index (χ2v) is 8.58. The van der Waals surface area contributed by atoms with Gasteiger partial charge in [0.25, 0.3) is 0 Å². The number of amides is 1. The van der Waals surface area contributed by atoms with E-state index in [1.807, 2.05) is 18.3 Å². The van der Waals surface area contributed by atoms with E-state index in [0.29, 0.717) is 19.6 Å². The number of hydrogen-bond donors (Lipinski definition) is 2. The molecule has 0 saturated carbocycles. The minimum Gasteiger partial charge on any atom is -0.469 e. The summed E-state index contributed by atoms with van der Waals surface area (Å²) in [7, 11) is 1.41. The number of hydrogen-bond acceptors (Lipinski definition) is 5. The fourth-order valence-corrected chi connectivity index (χ4v) is 4.36. The second kappa shape index (κ2) is 14.7. The molecule has 1 amide bonds. The molecule has 1 atom stereocenters. The SMILES string of the molecule is CCCN(CCC)C[C@@H](C(=O)NCCc1c[nH]c2ccccc12)N(CCC)CCC(=O)OC. The minimum atomic E-state index is -0.296. The summed E-state index contributed by atoms with van der Waals surface area (Å²) >= 11 is 0. The monoisotopic (exact) mass is 458 g/mol. The summed E-state index contributed by atoms with van der Waals surface area (Å²) in [6.45, 7) is 10.9. The number of aromatic amines is 1. The van der Waals surface area contributed by atoms with Gasteiger partial charge in [-0.25, -0.2) is 0 Å². The Balaban J connectivity index is 2.09. The van der Waals surface area contributed by atoms with E-state index < -0.39 is 0 Å². The van der Waals surface area contributed by atoms with Crippen LogP contribution in [0, 0.1) is 0 Å². The van der Waals surface area contributed by atoms with Gasteiger partial charge >= 0.3 is 5.97 Å². The molecule has 0 aliphatic carbocycles. The Morgan fingerprint density at radius 2 is 1.73 bits per heavy atom. The summed E-state index contributed by atoms with van der Waals surface area (Å²) in [4.78, 5) is 33.0. The van der Waals surface area contributed by atoms with Crippen molar-refractivity contribution in [3.63, 3.8) is 0 Å². The van der Waals surface area contributed by atoms with E-state index in [1.165, 1.54) is 18.1 Å². The molecule has 0 saturated heterocycles. The normalized spacial score (nSPS) is 12.4. The molecule has 7 nitrogen and oxygen atoms in total. The van der Waals surface area contributed by atoms with Gasteiger partial charge in [0, 0.05) is 36.7 Å². The first-order valence-electron chi connectivity index (χ1n) is 12.4. The Morgan fingerprint density at radius 3 is 2.39 bits per heavy atom. The number of fused-ring (bicyclic) bond motifs is 1. The Hall–Kier alpha value is -2.38. The van der Waals surface area contributed by atoms with Gasteiger partial charge in [-0.15, -0.1) is 0 Å². The van der Waals surface area contributed by atoms with E-state index in [1.54, 1.807) is 0 Å². The molecular formula is C26H42N4O3. The number of esters is 1. The topological polar surface area (TPSA) is 77.7 Å². The number of nitrogens with one attached hydrogen (secondary N) is 2.